The summed E-state index contributed by atoms with van der Waals surface area (Å²) in [7, 11) is 1.91. The highest BCUT2D eigenvalue weighted by molar-refractivity contribution is 9.10. The van der Waals surface area contributed by atoms with Gasteiger partial charge in [0.15, 0.2) is 0 Å². The lowest BCUT2D eigenvalue weighted by molar-refractivity contribution is 1.41. The van der Waals surface area contributed by atoms with Gasteiger partial charge in [0.2, 0.25) is 0 Å². The van der Waals surface area contributed by atoms with Crippen LogP contribution in [0.3, 0.4) is 0 Å². The lowest BCUT2D eigenvalue weighted by Crippen LogP contribution is -1.88. The van der Waals surface area contributed by atoms with E-state index in [1.165, 1.54) is 5.56 Å². The molecule has 0 fully saturated rings. The Labute approximate surface area is 69.6 Å². The zero-order valence-electron chi connectivity index (χ0n) is 6.11. The Balaban J connectivity index is 3.07. The minimum Gasteiger partial charge on any atom is -0.387 e. The van der Waals surface area contributed by atoms with E-state index < -0.39 is 0 Å². The summed E-state index contributed by atoms with van der Waals surface area (Å²) in [5, 5.41) is 3.08. The van der Waals surface area contributed by atoms with Crippen molar-refractivity contribution in [1.82, 2.24) is 0 Å². The first-order valence-corrected chi connectivity index (χ1v) is 3.97. The molecule has 1 rings (SSSR count). The maximum Gasteiger partial charge on any atom is 0.0482 e. The summed E-state index contributed by atoms with van der Waals surface area (Å²) in [5.41, 5.74) is 2.40. The van der Waals surface area contributed by atoms with Crippen molar-refractivity contribution in [3.8, 4) is 0 Å². The van der Waals surface area contributed by atoms with Crippen LogP contribution in [0.15, 0.2) is 22.7 Å². The van der Waals surface area contributed by atoms with Gasteiger partial charge in [0.1, 0.15) is 0 Å². The molecule has 0 atom stereocenters. The quantitative estimate of drug-likeness (QED) is 0.734. The smallest absolute Gasteiger partial charge is 0.0482 e. The van der Waals surface area contributed by atoms with E-state index in [0.29, 0.717) is 0 Å². The van der Waals surface area contributed by atoms with Crippen LogP contribution < -0.4 is 5.32 Å². The van der Waals surface area contributed by atoms with Crippen LogP contribution in [0.25, 0.3) is 0 Å². The fraction of sp³-hybridized carbons (Fsp3) is 0.250. The molecule has 0 spiro atoms. The van der Waals surface area contributed by atoms with Gasteiger partial charge in [-0.2, -0.15) is 0 Å². The van der Waals surface area contributed by atoms with E-state index in [9.17, 15) is 0 Å². The van der Waals surface area contributed by atoms with Gasteiger partial charge in [-0.15, -0.1) is 0 Å². The van der Waals surface area contributed by atoms with E-state index in [1.54, 1.807) is 0 Å². The predicted octanol–water partition coefficient (Wildman–Crippen LogP) is 2.80. The van der Waals surface area contributed by atoms with Gasteiger partial charge in [0, 0.05) is 17.2 Å². The Morgan fingerprint density at radius 2 is 2.10 bits per heavy atom. The molecule has 0 heterocycles. The van der Waals surface area contributed by atoms with Crippen molar-refractivity contribution < 1.29 is 0 Å². The first-order valence-electron chi connectivity index (χ1n) is 3.18. The highest BCUT2D eigenvalue weighted by Crippen LogP contribution is 2.22. The maximum atomic E-state index is 3.44. The molecule has 1 N–H and O–H groups in total. The molecule has 0 bridgehead atoms. The summed E-state index contributed by atoms with van der Waals surface area (Å²) in [4.78, 5) is 0. The van der Waals surface area contributed by atoms with Gasteiger partial charge in [0.25, 0.3) is 0 Å². The third kappa shape index (κ3) is 1.51. The fourth-order valence-corrected chi connectivity index (χ4v) is 1.51. The van der Waals surface area contributed by atoms with Crippen molar-refractivity contribution in [3.05, 3.63) is 28.2 Å². The Morgan fingerprint density at radius 3 is 2.60 bits per heavy atom. The predicted molar refractivity (Wildman–Crippen MR) is 48.4 cm³/mol. The summed E-state index contributed by atoms with van der Waals surface area (Å²) >= 11 is 3.44. The van der Waals surface area contributed by atoms with Gasteiger partial charge in [-0.05, 0) is 40.5 Å². The molecule has 2 heteroatoms. The zero-order chi connectivity index (χ0) is 7.56. The van der Waals surface area contributed by atoms with Crippen molar-refractivity contribution in [2.45, 2.75) is 6.92 Å². The van der Waals surface area contributed by atoms with Gasteiger partial charge in [-0.25, -0.2) is 0 Å². The monoisotopic (exact) mass is 199 g/mol. The van der Waals surface area contributed by atoms with E-state index in [-0.39, 0.29) is 0 Å². The van der Waals surface area contributed by atoms with Crippen molar-refractivity contribution in [2.75, 3.05) is 12.4 Å². The Morgan fingerprint density at radius 1 is 1.40 bits per heavy atom. The number of nitrogens with one attached hydrogen (secondary N) is 1. The number of halogens is 1. The van der Waals surface area contributed by atoms with Gasteiger partial charge < -0.3 is 5.32 Å². The SMILES string of the molecule is CNc1ccc(C)cc1Br. The molecular weight excluding hydrogens is 190 g/mol. The highest BCUT2D eigenvalue weighted by Gasteiger charge is 1.94. The third-order valence-electron chi connectivity index (χ3n) is 1.39. The van der Waals surface area contributed by atoms with Crippen LogP contribution in [0, 0.1) is 6.92 Å². The van der Waals surface area contributed by atoms with E-state index in [4.69, 9.17) is 0 Å². The second kappa shape index (κ2) is 3.06. The van der Waals surface area contributed by atoms with Gasteiger partial charge in [0.05, 0.1) is 0 Å². The summed E-state index contributed by atoms with van der Waals surface area (Å²) in [6, 6.07) is 6.22. The first kappa shape index (κ1) is 7.61. The minimum atomic E-state index is 1.12. The molecule has 54 valence electrons. The molecule has 0 radical (unpaired) electrons. The average molecular weight is 200 g/mol. The second-order valence-electron chi connectivity index (χ2n) is 2.23. The van der Waals surface area contributed by atoms with Crippen LogP contribution in [-0.4, -0.2) is 7.05 Å². The van der Waals surface area contributed by atoms with E-state index in [1.807, 2.05) is 7.05 Å². The number of benzene rings is 1. The summed E-state index contributed by atoms with van der Waals surface area (Å²) < 4.78 is 1.12. The average Bonchev–Trinajstić information content (AvgIpc) is 1.88. The minimum absolute atomic E-state index is 1.12. The number of rotatable bonds is 1. The number of hydrogen-bond acceptors (Lipinski definition) is 1. The standard InChI is InChI=1S/C8H10BrN/c1-6-3-4-8(10-2)7(9)5-6/h3-5,10H,1-2H3. The van der Waals surface area contributed by atoms with Crippen LogP contribution >= 0.6 is 15.9 Å². The van der Waals surface area contributed by atoms with Crippen molar-refractivity contribution in [1.29, 1.82) is 0 Å². The van der Waals surface area contributed by atoms with Crippen LogP contribution in [0.5, 0.6) is 0 Å². The third-order valence-corrected chi connectivity index (χ3v) is 2.05. The summed E-state index contributed by atoms with van der Waals surface area (Å²) in [6.07, 6.45) is 0. The Kier molecular flexibility index (Phi) is 2.33. The van der Waals surface area contributed by atoms with Crippen molar-refractivity contribution in [3.63, 3.8) is 0 Å². The normalized spacial score (nSPS) is 9.50. The van der Waals surface area contributed by atoms with Crippen LogP contribution in [0.2, 0.25) is 0 Å². The van der Waals surface area contributed by atoms with Crippen molar-refractivity contribution >= 4 is 21.6 Å². The van der Waals surface area contributed by atoms with Crippen molar-refractivity contribution in [2.24, 2.45) is 0 Å². The molecule has 1 nitrogen and oxygen atoms in total. The highest BCUT2D eigenvalue weighted by atomic mass is 79.9. The number of aryl methyl sites for hydroxylation is 1. The first-order chi connectivity index (χ1) is 4.74. The van der Waals surface area contributed by atoms with E-state index in [2.05, 4.69) is 46.4 Å². The number of anilines is 1. The van der Waals surface area contributed by atoms with Crippen LogP contribution in [-0.2, 0) is 0 Å². The maximum absolute atomic E-state index is 3.44. The summed E-state index contributed by atoms with van der Waals surface area (Å²) in [6.45, 7) is 2.07. The lowest BCUT2D eigenvalue weighted by atomic mass is 10.2. The second-order valence-corrected chi connectivity index (χ2v) is 3.09. The van der Waals surface area contributed by atoms with Crippen LogP contribution in [0.1, 0.15) is 5.56 Å². The molecule has 0 unspecified atom stereocenters. The Hall–Kier alpha value is -0.500. The topological polar surface area (TPSA) is 12.0 Å². The number of hydrogen-bond donors (Lipinski definition) is 1. The molecule has 1 aromatic rings. The molecule has 10 heavy (non-hydrogen) atoms. The Bertz CT molecular complexity index is 233. The fourth-order valence-electron chi connectivity index (χ4n) is 0.823. The molecule has 1 aromatic carbocycles. The molecule has 0 aliphatic heterocycles. The lowest BCUT2D eigenvalue weighted by Gasteiger charge is -2.02. The molecule has 0 amide bonds. The van der Waals surface area contributed by atoms with Gasteiger partial charge in [-0.3, -0.25) is 0 Å². The zero-order valence-corrected chi connectivity index (χ0v) is 7.70. The van der Waals surface area contributed by atoms with Gasteiger partial charge in [-0.1, -0.05) is 6.07 Å². The molecule has 0 aromatic heterocycles. The molecule has 0 saturated heterocycles. The molecule has 0 saturated carbocycles. The summed E-state index contributed by atoms with van der Waals surface area (Å²) in [5.74, 6) is 0. The van der Waals surface area contributed by atoms with E-state index in [0.717, 1.165) is 10.2 Å². The molecule has 0 aliphatic carbocycles. The van der Waals surface area contributed by atoms with Crippen LogP contribution in [0.4, 0.5) is 5.69 Å². The van der Waals surface area contributed by atoms with Gasteiger partial charge >= 0.3 is 0 Å². The van der Waals surface area contributed by atoms with E-state index >= 15 is 0 Å². The molecule has 0 aliphatic rings. The molecular formula is C8H10BrN. The largest absolute Gasteiger partial charge is 0.387 e.